The van der Waals surface area contributed by atoms with Crippen LogP contribution in [-0.4, -0.2) is 19.6 Å². The van der Waals surface area contributed by atoms with Crippen molar-refractivity contribution in [3.05, 3.63) is 29.6 Å². The van der Waals surface area contributed by atoms with Crippen molar-refractivity contribution in [2.24, 2.45) is 5.41 Å². The van der Waals surface area contributed by atoms with Gasteiger partial charge in [-0.15, -0.1) is 0 Å². The first-order valence-electron chi connectivity index (χ1n) is 7.71. The van der Waals surface area contributed by atoms with Crippen LogP contribution in [0.5, 0.6) is 0 Å². The third-order valence-corrected chi connectivity index (χ3v) is 4.17. The minimum Gasteiger partial charge on any atom is -0.371 e. The van der Waals surface area contributed by atoms with Crippen LogP contribution in [0.2, 0.25) is 0 Å². The van der Waals surface area contributed by atoms with Crippen LogP contribution in [0, 0.1) is 11.2 Å². The molecule has 1 aromatic rings. The van der Waals surface area contributed by atoms with E-state index in [0.29, 0.717) is 5.41 Å². The number of nitrogens with one attached hydrogen (secondary N) is 1. The molecule has 2 nitrogen and oxygen atoms in total. The molecule has 2 rings (SSSR count). The number of rotatable bonds is 5. The lowest BCUT2D eigenvalue weighted by atomic mass is 9.93. The fourth-order valence-electron chi connectivity index (χ4n) is 2.95. The van der Waals surface area contributed by atoms with Crippen LogP contribution in [0.15, 0.2) is 18.2 Å². The lowest BCUT2D eigenvalue weighted by Gasteiger charge is -2.27. The molecule has 3 heteroatoms. The predicted molar refractivity (Wildman–Crippen MR) is 83.7 cm³/mol. The van der Waals surface area contributed by atoms with Crippen LogP contribution in [0.4, 0.5) is 10.1 Å². The third kappa shape index (κ3) is 3.51. The van der Waals surface area contributed by atoms with Crippen LogP contribution in [0.1, 0.15) is 52.1 Å². The summed E-state index contributed by atoms with van der Waals surface area (Å²) < 4.78 is 13.6. The number of hydrogen-bond acceptors (Lipinski definition) is 2. The van der Waals surface area contributed by atoms with Crippen molar-refractivity contribution >= 4 is 5.69 Å². The van der Waals surface area contributed by atoms with Crippen molar-refractivity contribution in [3.8, 4) is 0 Å². The van der Waals surface area contributed by atoms with Crippen molar-refractivity contribution < 1.29 is 4.39 Å². The first-order chi connectivity index (χ1) is 9.43. The first-order valence-corrected chi connectivity index (χ1v) is 7.71. The van der Waals surface area contributed by atoms with Crippen LogP contribution >= 0.6 is 0 Å². The van der Waals surface area contributed by atoms with E-state index in [2.05, 4.69) is 37.9 Å². The molecule has 0 amide bonds. The molecule has 0 aliphatic carbocycles. The Labute approximate surface area is 122 Å². The highest BCUT2D eigenvalue weighted by atomic mass is 19.1. The molecule has 0 radical (unpaired) electrons. The van der Waals surface area contributed by atoms with Gasteiger partial charge >= 0.3 is 0 Å². The van der Waals surface area contributed by atoms with Gasteiger partial charge in [0.25, 0.3) is 0 Å². The van der Waals surface area contributed by atoms with E-state index in [9.17, 15) is 4.39 Å². The van der Waals surface area contributed by atoms with E-state index in [1.807, 2.05) is 6.07 Å². The second-order valence-electron chi connectivity index (χ2n) is 6.71. The number of benzene rings is 1. The maximum atomic E-state index is 13.6. The van der Waals surface area contributed by atoms with Crippen molar-refractivity contribution in [1.82, 2.24) is 5.32 Å². The Morgan fingerprint density at radius 2 is 2.15 bits per heavy atom. The van der Waals surface area contributed by atoms with Crippen LogP contribution < -0.4 is 10.2 Å². The number of halogens is 1. The lowest BCUT2D eigenvalue weighted by molar-refractivity contribution is 0.418. The highest BCUT2D eigenvalue weighted by Gasteiger charge is 2.30. The first kappa shape index (κ1) is 15.3. The highest BCUT2D eigenvalue weighted by molar-refractivity contribution is 5.56. The summed E-state index contributed by atoms with van der Waals surface area (Å²) in [6.07, 6.45) is 2.28. The Morgan fingerprint density at radius 1 is 1.40 bits per heavy atom. The molecular weight excluding hydrogens is 251 g/mol. The largest absolute Gasteiger partial charge is 0.371 e. The van der Waals surface area contributed by atoms with E-state index < -0.39 is 0 Å². The summed E-state index contributed by atoms with van der Waals surface area (Å²) in [5.74, 6) is -0.146. The minimum atomic E-state index is -0.146. The minimum absolute atomic E-state index is 0.146. The number of nitrogens with zero attached hydrogens (tertiary/aromatic N) is 1. The van der Waals surface area contributed by atoms with Gasteiger partial charge < -0.3 is 10.2 Å². The molecule has 112 valence electrons. The van der Waals surface area contributed by atoms with E-state index in [4.69, 9.17) is 0 Å². The van der Waals surface area contributed by atoms with Gasteiger partial charge in [0.2, 0.25) is 0 Å². The van der Waals surface area contributed by atoms with Gasteiger partial charge in [0, 0.05) is 24.8 Å². The third-order valence-electron chi connectivity index (χ3n) is 4.17. The number of hydrogen-bond donors (Lipinski definition) is 1. The molecule has 1 atom stereocenters. The molecule has 1 saturated heterocycles. The molecule has 1 aromatic carbocycles. The van der Waals surface area contributed by atoms with Gasteiger partial charge in [-0.2, -0.15) is 0 Å². The molecule has 1 aliphatic rings. The molecule has 1 aliphatic heterocycles. The van der Waals surface area contributed by atoms with Gasteiger partial charge in [0.15, 0.2) is 0 Å². The molecule has 1 heterocycles. The highest BCUT2D eigenvalue weighted by Crippen LogP contribution is 2.36. The van der Waals surface area contributed by atoms with Gasteiger partial charge in [-0.25, -0.2) is 4.39 Å². The van der Waals surface area contributed by atoms with Gasteiger partial charge in [-0.1, -0.05) is 20.8 Å². The summed E-state index contributed by atoms with van der Waals surface area (Å²) in [6.45, 7) is 11.9. The van der Waals surface area contributed by atoms with E-state index in [-0.39, 0.29) is 11.9 Å². The SMILES string of the molecule is CCCNC(C)c1cc(F)ccc1N1CCC(C)(C)C1. The zero-order valence-electron chi connectivity index (χ0n) is 13.2. The smallest absolute Gasteiger partial charge is 0.123 e. The Balaban J connectivity index is 2.24. The molecule has 0 saturated carbocycles. The Bertz CT molecular complexity index is 456. The van der Waals surface area contributed by atoms with Gasteiger partial charge in [-0.3, -0.25) is 0 Å². The standard InChI is InChI=1S/C17H27FN2/c1-5-9-19-13(2)15-11-14(18)6-7-16(15)20-10-8-17(3,4)12-20/h6-7,11,13,19H,5,8-10,12H2,1-4H3. The Hall–Kier alpha value is -1.09. The number of anilines is 1. The fourth-order valence-corrected chi connectivity index (χ4v) is 2.95. The summed E-state index contributed by atoms with van der Waals surface area (Å²) in [6, 6.07) is 5.39. The lowest BCUT2D eigenvalue weighted by Crippen LogP contribution is -2.27. The maximum absolute atomic E-state index is 13.6. The average Bonchev–Trinajstić information content (AvgIpc) is 2.76. The van der Waals surface area contributed by atoms with Gasteiger partial charge in [-0.05, 0) is 55.5 Å². The van der Waals surface area contributed by atoms with Crippen molar-refractivity contribution in [1.29, 1.82) is 0 Å². The molecule has 0 aromatic heterocycles. The maximum Gasteiger partial charge on any atom is 0.123 e. The molecule has 1 fully saturated rings. The summed E-state index contributed by atoms with van der Waals surface area (Å²) in [7, 11) is 0. The van der Waals surface area contributed by atoms with Crippen molar-refractivity contribution in [2.75, 3.05) is 24.5 Å². The fraction of sp³-hybridized carbons (Fsp3) is 0.647. The average molecular weight is 278 g/mol. The summed E-state index contributed by atoms with van der Waals surface area (Å²) >= 11 is 0. The van der Waals surface area contributed by atoms with E-state index in [1.54, 1.807) is 12.1 Å². The molecule has 0 spiro atoms. The topological polar surface area (TPSA) is 15.3 Å². The van der Waals surface area contributed by atoms with Crippen LogP contribution in [0.3, 0.4) is 0 Å². The van der Waals surface area contributed by atoms with Gasteiger partial charge in [0.05, 0.1) is 0 Å². The van der Waals surface area contributed by atoms with E-state index >= 15 is 0 Å². The monoisotopic (exact) mass is 278 g/mol. The molecule has 20 heavy (non-hydrogen) atoms. The van der Waals surface area contributed by atoms with E-state index in [0.717, 1.165) is 31.6 Å². The van der Waals surface area contributed by atoms with Crippen molar-refractivity contribution in [3.63, 3.8) is 0 Å². The summed E-state index contributed by atoms with van der Waals surface area (Å²) in [4.78, 5) is 2.40. The molecule has 1 N–H and O–H groups in total. The van der Waals surface area contributed by atoms with Crippen molar-refractivity contribution in [2.45, 2.75) is 46.6 Å². The zero-order chi connectivity index (χ0) is 14.8. The summed E-state index contributed by atoms with van der Waals surface area (Å²) in [5.41, 5.74) is 2.62. The van der Waals surface area contributed by atoms with Gasteiger partial charge in [0.1, 0.15) is 5.82 Å². The quantitative estimate of drug-likeness (QED) is 0.871. The molecular formula is C17H27FN2. The predicted octanol–water partition coefficient (Wildman–Crippen LogP) is 4.12. The Kier molecular flexibility index (Phi) is 4.69. The van der Waals surface area contributed by atoms with E-state index in [1.165, 1.54) is 12.1 Å². The second-order valence-corrected chi connectivity index (χ2v) is 6.71. The normalized spacial score (nSPS) is 19.4. The molecule has 1 unspecified atom stereocenters. The zero-order valence-corrected chi connectivity index (χ0v) is 13.2. The summed E-state index contributed by atoms with van der Waals surface area (Å²) in [5, 5.41) is 3.47. The molecule has 0 bridgehead atoms. The van der Waals surface area contributed by atoms with Crippen LogP contribution in [-0.2, 0) is 0 Å². The second kappa shape index (κ2) is 6.13. The van der Waals surface area contributed by atoms with Crippen LogP contribution in [0.25, 0.3) is 0 Å². The Morgan fingerprint density at radius 3 is 2.75 bits per heavy atom.